The number of nitrogens with zero attached hydrogens (tertiary/aromatic N) is 1. The van der Waals surface area contributed by atoms with E-state index in [4.69, 9.17) is 9.73 Å². The summed E-state index contributed by atoms with van der Waals surface area (Å²) in [4.78, 5) is 16.8. The molecule has 3 rings (SSSR count). The number of carbonyl (C=O) groups is 1. The molecule has 2 aromatic rings. The van der Waals surface area contributed by atoms with Crippen LogP contribution in [0.4, 0.5) is 16.2 Å². The van der Waals surface area contributed by atoms with Crippen LogP contribution in [0.2, 0.25) is 0 Å². The molecule has 0 bridgehead atoms. The van der Waals surface area contributed by atoms with Gasteiger partial charge in [0.15, 0.2) is 0 Å². The van der Waals surface area contributed by atoms with Crippen LogP contribution in [0.25, 0.3) is 6.08 Å². The van der Waals surface area contributed by atoms with Gasteiger partial charge >= 0.3 is 6.09 Å². The van der Waals surface area contributed by atoms with Crippen LogP contribution in [0.15, 0.2) is 65.2 Å². The summed E-state index contributed by atoms with van der Waals surface area (Å²) in [7, 11) is 0. The van der Waals surface area contributed by atoms with Gasteiger partial charge in [0.2, 0.25) is 0 Å². The molecule has 1 N–H and O–H groups in total. The highest BCUT2D eigenvalue weighted by Gasteiger charge is 2.16. The molecule has 1 saturated carbocycles. The first kappa shape index (κ1) is 17.9. The maximum atomic E-state index is 11.9. The van der Waals surface area contributed by atoms with Crippen LogP contribution in [0.3, 0.4) is 0 Å². The number of rotatable bonds is 4. The normalized spacial score (nSPS) is 17.0. The molecule has 1 fully saturated rings. The number of amides is 1. The number of para-hydroxylation sites is 2. The molecule has 134 valence electrons. The van der Waals surface area contributed by atoms with Crippen molar-refractivity contribution in [2.24, 2.45) is 4.99 Å². The topological polar surface area (TPSA) is 50.7 Å². The van der Waals surface area contributed by atoms with Gasteiger partial charge in [0.05, 0.1) is 17.5 Å². The number of hydrogen-bond donors (Lipinski definition) is 1. The molecule has 2 aromatic carbocycles. The van der Waals surface area contributed by atoms with Crippen molar-refractivity contribution in [2.75, 3.05) is 5.32 Å². The summed E-state index contributed by atoms with van der Waals surface area (Å²) in [5, 5.41) is 2.79. The monoisotopic (exact) mass is 348 g/mol. The lowest BCUT2D eigenvalue weighted by atomic mass is 10.1. The van der Waals surface area contributed by atoms with Gasteiger partial charge in [-0.3, -0.25) is 10.3 Å². The van der Waals surface area contributed by atoms with Crippen molar-refractivity contribution < 1.29 is 9.53 Å². The molecule has 0 radical (unpaired) electrons. The van der Waals surface area contributed by atoms with Gasteiger partial charge in [-0.05, 0) is 62.5 Å². The summed E-state index contributed by atoms with van der Waals surface area (Å²) in [6.07, 6.45) is 4.65. The lowest BCUT2D eigenvalue weighted by molar-refractivity contribution is 0.130. The molecule has 0 aromatic heterocycles. The van der Waals surface area contributed by atoms with Gasteiger partial charge in [-0.15, -0.1) is 0 Å². The fourth-order valence-electron chi connectivity index (χ4n) is 2.96. The van der Waals surface area contributed by atoms with Gasteiger partial charge in [-0.2, -0.15) is 0 Å². The number of carbonyl (C=O) groups excluding carboxylic acids is 1. The van der Waals surface area contributed by atoms with Crippen LogP contribution in [0.5, 0.6) is 0 Å². The minimum absolute atomic E-state index is 0.163. The Balaban J connectivity index is 1.85. The molecule has 26 heavy (non-hydrogen) atoms. The Labute approximate surface area is 154 Å². The third kappa shape index (κ3) is 4.82. The zero-order chi connectivity index (χ0) is 18.4. The third-order valence-electron chi connectivity index (χ3n) is 4.11. The van der Waals surface area contributed by atoms with E-state index < -0.39 is 6.09 Å². The van der Waals surface area contributed by atoms with E-state index >= 15 is 0 Å². The van der Waals surface area contributed by atoms with Crippen LogP contribution >= 0.6 is 0 Å². The van der Waals surface area contributed by atoms with Crippen molar-refractivity contribution in [3.63, 3.8) is 0 Å². The quantitative estimate of drug-likeness (QED) is 0.738. The van der Waals surface area contributed by atoms with Gasteiger partial charge in [0, 0.05) is 5.71 Å². The number of nitrogens with one attached hydrogen (secondary N) is 1. The van der Waals surface area contributed by atoms with E-state index in [1.807, 2.05) is 56.3 Å². The van der Waals surface area contributed by atoms with E-state index in [0.717, 1.165) is 30.7 Å². The summed E-state index contributed by atoms with van der Waals surface area (Å²) in [5.74, 6) is 0. The molecule has 0 atom stereocenters. The molecular formula is C22H24N2O2. The van der Waals surface area contributed by atoms with E-state index in [0.29, 0.717) is 5.69 Å². The fourth-order valence-corrected chi connectivity index (χ4v) is 2.96. The van der Waals surface area contributed by atoms with E-state index in [1.54, 1.807) is 0 Å². The van der Waals surface area contributed by atoms with Gasteiger partial charge < -0.3 is 4.74 Å². The van der Waals surface area contributed by atoms with Crippen molar-refractivity contribution in [3.8, 4) is 0 Å². The Morgan fingerprint density at radius 1 is 1.08 bits per heavy atom. The standard InChI is InChI=1S/C22H24N2O2/c1-16(2)26-22(25)24-21-13-7-6-12-20(21)23-19-14-8-11-18(19)15-17-9-4-3-5-10-17/h3-7,9-10,12-13,15-16H,8,11,14H2,1-2H3,(H,24,25). The summed E-state index contributed by atoms with van der Waals surface area (Å²) in [6.45, 7) is 3.65. The maximum absolute atomic E-state index is 11.9. The van der Waals surface area contributed by atoms with E-state index in [9.17, 15) is 4.79 Å². The molecule has 0 spiro atoms. The van der Waals surface area contributed by atoms with Crippen molar-refractivity contribution in [1.82, 2.24) is 0 Å². The maximum Gasteiger partial charge on any atom is 0.411 e. The Kier molecular flexibility index (Phi) is 5.84. The lowest BCUT2D eigenvalue weighted by Crippen LogP contribution is -2.18. The minimum atomic E-state index is -0.459. The summed E-state index contributed by atoms with van der Waals surface area (Å²) < 4.78 is 5.17. The summed E-state index contributed by atoms with van der Waals surface area (Å²) in [5.41, 5.74) is 4.95. The molecule has 0 heterocycles. The first-order valence-electron chi connectivity index (χ1n) is 9.02. The number of aliphatic imine (C=N–C) groups is 1. The van der Waals surface area contributed by atoms with Crippen molar-refractivity contribution in [1.29, 1.82) is 0 Å². The van der Waals surface area contributed by atoms with Crippen LogP contribution < -0.4 is 5.32 Å². The molecule has 0 saturated heterocycles. The highest BCUT2D eigenvalue weighted by Crippen LogP contribution is 2.30. The van der Waals surface area contributed by atoms with Crippen LogP contribution in [0, 0.1) is 0 Å². The van der Waals surface area contributed by atoms with E-state index in [2.05, 4.69) is 23.5 Å². The highest BCUT2D eigenvalue weighted by atomic mass is 16.6. The Morgan fingerprint density at radius 2 is 1.81 bits per heavy atom. The second kappa shape index (κ2) is 8.48. The molecule has 4 nitrogen and oxygen atoms in total. The molecule has 1 aliphatic rings. The molecule has 4 heteroatoms. The Hall–Kier alpha value is -2.88. The minimum Gasteiger partial charge on any atom is -0.447 e. The summed E-state index contributed by atoms with van der Waals surface area (Å²) >= 11 is 0. The summed E-state index contributed by atoms with van der Waals surface area (Å²) in [6, 6.07) is 17.9. The van der Waals surface area contributed by atoms with Gasteiger partial charge in [-0.25, -0.2) is 4.79 Å². The number of hydrogen-bond acceptors (Lipinski definition) is 3. The van der Waals surface area contributed by atoms with Crippen LogP contribution in [-0.2, 0) is 4.74 Å². The first-order chi connectivity index (χ1) is 12.6. The smallest absolute Gasteiger partial charge is 0.411 e. The van der Waals surface area contributed by atoms with Gasteiger partial charge in [0.1, 0.15) is 0 Å². The SMILES string of the molecule is CC(C)OC(=O)Nc1ccccc1N=C1CCCC1=Cc1ccccc1. The van der Waals surface area contributed by atoms with Crippen LogP contribution in [-0.4, -0.2) is 17.9 Å². The van der Waals surface area contributed by atoms with Crippen molar-refractivity contribution in [3.05, 3.63) is 65.7 Å². The average molecular weight is 348 g/mol. The second-order valence-electron chi connectivity index (χ2n) is 6.59. The third-order valence-corrected chi connectivity index (χ3v) is 4.11. The van der Waals surface area contributed by atoms with Gasteiger partial charge in [-0.1, -0.05) is 42.5 Å². The first-order valence-corrected chi connectivity index (χ1v) is 9.02. The van der Waals surface area contributed by atoms with E-state index in [1.165, 1.54) is 11.1 Å². The predicted molar refractivity (Wildman–Crippen MR) is 107 cm³/mol. The number of allylic oxidation sites excluding steroid dienone is 1. The zero-order valence-corrected chi connectivity index (χ0v) is 15.2. The second-order valence-corrected chi connectivity index (χ2v) is 6.59. The number of benzene rings is 2. The van der Waals surface area contributed by atoms with E-state index in [-0.39, 0.29) is 6.10 Å². The predicted octanol–water partition coefficient (Wildman–Crippen LogP) is 5.98. The zero-order valence-electron chi connectivity index (χ0n) is 15.2. The molecule has 1 aliphatic carbocycles. The molecule has 1 amide bonds. The fraction of sp³-hybridized carbons (Fsp3) is 0.273. The van der Waals surface area contributed by atoms with Crippen molar-refractivity contribution in [2.45, 2.75) is 39.2 Å². The number of anilines is 1. The molecule has 0 aliphatic heterocycles. The van der Waals surface area contributed by atoms with Crippen molar-refractivity contribution >= 4 is 29.3 Å². The lowest BCUT2D eigenvalue weighted by Gasteiger charge is -2.11. The number of ether oxygens (including phenoxy) is 1. The average Bonchev–Trinajstić information content (AvgIpc) is 3.03. The van der Waals surface area contributed by atoms with Gasteiger partial charge in [0.25, 0.3) is 0 Å². The molecular weight excluding hydrogens is 324 g/mol. The molecule has 0 unspecified atom stereocenters. The Morgan fingerprint density at radius 3 is 2.58 bits per heavy atom. The largest absolute Gasteiger partial charge is 0.447 e. The van der Waals surface area contributed by atoms with Crippen LogP contribution in [0.1, 0.15) is 38.7 Å². The highest BCUT2D eigenvalue weighted by molar-refractivity contribution is 6.07. The Bertz CT molecular complexity index is 823.